The third-order valence-electron chi connectivity index (χ3n) is 6.10. The molecule has 0 bridgehead atoms. The number of rotatable bonds is 6. The van der Waals surface area contributed by atoms with Crippen molar-refractivity contribution in [2.45, 2.75) is 82.8 Å². The van der Waals surface area contributed by atoms with Crippen molar-refractivity contribution >= 4 is 11.8 Å². The van der Waals surface area contributed by atoms with E-state index in [1.54, 1.807) is 0 Å². The molecule has 0 aromatic carbocycles. The molecule has 1 heterocycles. The molecule has 26 heavy (non-hydrogen) atoms. The van der Waals surface area contributed by atoms with E-state index in [1.807, 2.05) is 6.92 Å². The Morgan fingerprint density at radius 2 is 1.42 bits per heavy atom. The molecule has 3 aliphatic rings. The first-order chi connectivity index (χ1) is 12.6. The molecule has 6 nitrogen and oxygen atoms in total. The zero-order chi connectivity index (χ0) is 18.4. The van der Waals surface area contributed by atoms with Crippen molar-refractivity contribution < 1.29 is 9.59 Å². The highest BCUT2D eigenvalue weighted by Gasteiger charge is 2.30. The van der Waals surface area contributed by atoms with Gasteiger partial charge in [-0.25, -0.2) is 0 Å². The van der Waals surface area contributed by atoms with E-state index in [0.717, 1.165) is 51.9 Å². The minimum atomic E-state index is -0.0681. The van der Waals surface area contributed by atoms with E-state index in [-0.39, 0.29) is 17.9 Å². The Kier molecular flexibility index (Phi) is 7.32. The lowest BCUT2D eigenvalue weighted by molar-refractivity contribution is -0.128. The summed E-state index contributed by atoms with van der Waals surface area (Å²) in [5.74, 6) is 0.325. The Morgan fingerprint density at radius 1 is 0.846 bits per heavy atom. The fourth-order valence-electron chi connectivity index (χ4n) is 4.10. The van der Waals surface area contributed by atoms with Gasteiger partial charge in [-0.1, -0.05) is 32.1 Å². The largest absolute Gasteiger partial charge is 0.352 e. The van der Waals surface area contributed by atoms with Crippen LogP contribution in [-0.4, -0.2) is 72.5 Å². The van der Waals surface area contributed by atoms with Gasteiger partial charge in [-0.3, -0.25) is 19.4 Å². The van der Waals surface area contributed by atoms with Crippen LogP contribution in [0.4, 0.5) is 0 Å². The molecule has 0 aromatic rings. The molecule has 1 aliphatic heterocycles. The van der Waals surface area contributed by atoms with Gasteiger partial charge in [0.15, 0.2) is 0 Å². The molecule has 2 aliphatic carbocycles. The van der Waals surface area contributed by atoms with Crippen molar-refractivity contribution in [3.63, 3.8) is 0 Å². The highest BCUT2D eigenvalue weighted by Crippen LogP contribution is 2.19. The number of amides is 2. The average Bonchev–Trinajstić information content (AvgIpc) is 3.41. The second-order valence-electron chi connectivity index (χ2n) is 8.38. The number of hydrogen-bond donors (Lipinski definition) is 2. The van der Waals surface area contributed by atoms with Crippen LogP contribution in [0.15, 0.2) is 0 Å². The van der Waals surface area contributed by atoms with Gasteiger partial charge in [-0.2, -0.15) is 0 Å². The Labute approximate surface area is 158 Å². The highest BCUT2D eigenvalue weighted by atomic mass is 16.2. The third kappa shape index (κ3) is 6.23. The Bertz CT molecular complexity index is 464. The van der Waals surface area contributed by atoms with Crippen LogP contribution >= 0.6 is 0 Å². The Balaban J connectivity index is 1.34. The van der Waals surface area contributed by atoms with Gasteiger partial charge in [0.05, 0.1) is 12.6 Å². The number of hydrogen-bond acceptors (Lipinski definition) is 4. The number of carbonyl (C=O) groups excluding carboxylic acids is 2. The highest BCUT2D eigenvalue weighted by molar-refractivity contribution is 5.82. The first-order valence-corrected chi connectivity index (χ1v) is 10.7. The lowest BCUT2D eigenvalue weighted by Gasteiger charge is -2.37. The second kappa shape index (κ2) is 9.70. The minimum absolute atomic E-state index is 0.0681. The molecule has 148 valence electrons. The summed E-state index contributed by atoms with van der Waals surface area (Å²) in [6.07, 6.45) is 11.0. The summed E-state index contributed by atoms with van der Waals surface area (Å²) >= 11 is 0. The smallest absolute Gasteiger partial charge is 0.237 e. The van der Waals surface area contributed by atoms with E-state index < -0.39 is 0 Å². The zero-order valence-corrected chi connectivity index (χ0v) is 16.3. The molecule has 1 unspecified atom stereocenters. The standard InChI is InChI=1S/C20H36N4O2/c1-16(20(26)22-18-9-10-18)24-13-11-23(12-14-24)15-19(25)21-17-7-5-3-2-4-6-8-17/h16-18H,2-15H2,1H3,(H,21,25)(H,22,26). The SMILES string of the molecule is CC(C(=O)NC1CC1)N1CCN(CC(=O)NC2CCCCCCC2)CC1. The summed E-state index contributed by atoms with van der Waals surface area (Å²) in [7, 11) is 0. The summed E-state index contributed by atoms with van der Waals surface area (Å²) in [6, 6.07) is 0.722. The van der Waals surface area contributed by atoms with Crippen LogP contribution in [0.3, 0.4) is 0 Å². The molecule has 0 radical (unpaired) electrons. The molecule has 6 heteroatoms. The number of nitrogens with zero attached hydrogens (tertiary/aromatic N) is 2. The molecule has 3 fully saturated rings. The quantitative estimate of drug-likeness (QED) is 0.750. The van der Waals surface area contributed by atoms with Crippen LogP contribution in [0.1, 0.15) is 64.7 Å². The Morgan fingerprint density at radius 3 is 2.04 bits per heavy atom. The maximum Gasteiger partial charge on any atom is 0.237 e. The molecule has 0 aromatic heterocycles. The molecule has 2 amide bonds. The molecular formula is C20H36N4O2. The average molecular weight is 365 g/mol. The van der Waals surface area contributed by atoms with E-state index in [1.165, 1.54) is 32.1 Å². The van der Waals surface area contributed by atoms with Gasteiger partial charge >= 0.3 is 0 Å². The van der Waals surface area contributed by atoms with E-state index >= 15 is 0 Å². The van der Waals surface area contributed by atoms with Gasteiger partial charge in [-0.05, 0) is 32.6 Å². The van der Waals surface area contributed by atoms with Gasteiger partial charge < -0.3 is 10.6 Å². The van der Waals surface area contributed by atoms with Gasteiger partial charge in [0.2, 0.25) is 11.8 Å². The summed E-state index contributed by atoms with van der Waals surface area (Å²) in [6.45, 7) is 5.92. The first-order valence-electron chi connectivity index (χ1n) is 10.7. The lowest BCUT2D eigenvalue weighted by Crippen LogP contribution is -2.55. The van der Waals surface area contributed by atoms with Crippen molar-refractivity contribution in [2.75, 3.05) is 32.7 Å². The van der Waals surface area contributed by atoms with E-state index in [4.69, 9.17) is 0 Å². The number of nitrogens with one attached hydrogen (secondary N) is 2. The van der Waals surface area contributed by atoms with Crippen molar-refractivity contribution in [1.29, 1.82) is 0 Å². The first kappa shape index (κ1) is 19.6. The predicted octanol–water partition coefficient (Wildman–Crippen LogP) is 1.50. The zero-order valence-electron chi connectivity index (χ0n) is 16.3. The summed E-state index contributed by atoms with van der Waals surface area (Å²) in [4.78, 5) is 29.1. The summed E-state index contributed by atoms with van der Waals surface area (Å²) in [5.41, 5.74) is 0. The van der Waals surface area contributed by atoms with Gasteiger partial charge in [0, 0.05) is 38.3 Å². The van der Waals surface area contributed by atoms with E-state index in [2.05, 4.69) is 20.4 Å². The fraction of sp³-hybridized carbons (Fsp3) is 0.900. The lowest BCUT2D eigenvalue weighted by atomic mass is 9.97. The molecule has 2 saturated carbocycles. The van der Waals surface area contributed by atoms with Gasteiger partial charge in [0.25, 0.3) is 0 Å². The molecule has 0 spiro atoms. The van der Waals surface area contributed by atoms with Crippen LogP contribution in [0.2, 0.25) is 0 Å². The van der Waals surface area contributed by atoms with Crippen LogP contribution in [0, 0.1) is 0 Å². The molecule has 1 saturated heterocycles. The van der Waals surface area contributed by atoms with E-state index in [0.29, 0.717) is 18.6 Å². The van der Waals surface area contributed by atoms with Crippen LogP contribution < -0.4 is 10.6 Å². The predicted molar refractivity (Wildman–Crippen MR) is 103 cm³/mol. The minimum Gasteiger partial charge on any atom is -0.352 e. The molecule has 3 rings (SSSR count). The maximum absolute atomic E-state index is 12.4. The van der Waals surface area contributed by atoms with Crippen LogP contribution in [0.5, 0.6) is 0 Å². The van der Waals surface area contributed by atoms with Crippen molar-refractivity contribution in [3.05, 3.63) is 0 Å². The normalized spacial score (nSPS) is 25.1. The van der Waals surface area contributed by atoms with Gasteiger partial charge in [-0.15, -0.1) is 0 Å². The van der Waals surface area contributed by atoms with Crippen molar-refractivity contribution in [3.8, 4) is 0 Å². The van der Waals surface area contributed by atoms with E-state index in [9.17, 15) is 9.59 Å². The monoisotopic (exact) mass is 364 g/mol. The maximum atomic E-state index is 12.4. The summed E-state index contributed by atoms with van der Waals surface area (Å²) < 4.78 is 0. The summed E-state index contributed by atoms with van der Waals surface area (Å²) in [5, 5.41) is 6.35. The molecule has 1 atom stereocenters. The Hall–Kier alpha value is -1.14. The topological polar surface area (TPSA) is 64.7 Å². The second-order valence-corrected chi connectivity index (χ2v) is 8.38. The number of carbonyl (C=O) groups is 2. The fourth-order valence-corrected chi connectivity index (χ4v) is 4.10. The van der Waals surface area contributed by atoms with Crippen molar-refractivity contribution in [1.82, 2.24) is 20.4 Å². The molecular weight excluding hydrogens is 328 g/mol. The third-order valence-corrected chi connectivity index (χ3v) is 6.10. The van der Waals surface area contributed by atoms with Crippen LogP contribution in [0.25, 0.3) is 0 Å². The van der Waals surface area contributed by atoms with Crippen molar-refractivity contribution in [2.24, 2.45) is 0 Å². The number of piperazine rings is 1. The molecule has 2 N–H and O–H groups in total. The van der Waals surface area contributed by atoms with Crippen LogP contribution in [-0.2, 0) is 9.59 Å². The van der Waals surface area contributed by atoms with Gasteiger partial charge in [0.1, 0.15) is 0 Å².